The Labute approximate surface area is 197 Å². The van der Waals surface area contributed by atoms with Crippen LogP contribution in [0.5, 0.6) is 11.5 Å². The number of piperazine rings is 1. The van der Waals surface area contributed by atoms with Crippen LogP contribution >= 0.6 is 0 Å². The van der Waals surface area contributed by atoms with E-state index in [2.05, 4.69) is 9.64 Å². The Morgan fingerprint density at radius 2 is 1.82 bits per heavy atom. The fraction of sp³-hybridized carbons (Fsp3) is 0.440. The Hall–Kier alpha value is -3.36. The number of alkyl halides is 2. The number of anilines is 1. The summed E-state index contributed by atoms with van der Waals surface area (Å²) in [4.78, 5) is 27.9. The molecule has 0 aromatic heterocycles. The Balaban J connectivity index is 1.55. The molecule has 1 aliphatic carbocycles. The zero-order chi connectivity index (χ0) is 24.1. The highest BCUT2D eigenvalue weighted by atomic mass is 19.3. The molecule has 1 heterocycles. The lowest BCUT2D eigenvalue weighted by Gasteiger charge is -2.43. The van der Waals surface area contributed by atoms with Crippen LogP contribution in [0.4, 0.5) is 14.5 Å². The largest absolute Gasteiger partial charge is 0.486 e. The summed E-state index contributed by atoms with van der Waals surface area (Å²) in [6.07, 6.45) is 3.11. The van der Waals surface area contributed by atoms with Crippen molar-refractivity contribution < 1.29 is 27.8 Å². The van der Waals surface area contributed by atoms with E-state index in [1.165, 1.54) is 6.07 Å². The van der Waals surface area contributed by atoms with Gasteiger partial charge in [0.2, 0.25) is 11.8 Å². The number of nitrogens with two attached hydrogens (primary N) is 1. The fourth-order valence-corrected chi connectivity index (χ4v) is 4.38. The van der Waals surface area contributed by atoms with Crippen molar-refractivity contribution in [2.75, 3.05) is 24.5 Å². The molecule has 34 heavy (non-hydrogen) atoms. The van der Waals surface area contributed by atoms with E-state index in [4.69, 9.17) is 10.5 Å². The van der Waals surface area contributed by atoms with Crippen LogP contribution < -0.4 is 20.1 Å². The third kappa shape index (κ3) is 5.95. The molecule has 2 amide bonds. The average molecular weight is 474 g/mol. The molecule has 1 atom stereocenters. The van der Waals surface area contributed by atoms with Crippen LogP contribution in [0.25, 0.3) is 0 Å². The minimum absolute atomic E-state index is 0.00405. The summed E-state index contributed by atoms with van der Waals surface area (Å²) in [7, 11) is 0. The molecule has 2 aliphatic rings. The van der Waals surface area contributed by atoms with E-state index in [0.717, 1.165) is 30.5 Å². The second-order valence-electron chi connectivity index (χ2n) is 8.70. The second kappa shape index (κ2) is 10.7. The smallest absolute Gasteiger partial charge is 0.387 e. The van der Waals surface area contributed by atoms with Gasteiger partial charge in [-0.25, -0.2) is 0 Å². The zero-order valence-corrected chi connectivity index (χ0v) is 18.9. The summed E-state index contributed by atoms with van der Waals surface area (Å²) >= 11 is 0. The summed E-state index contributed by atoms with van der Waals surface area (Å²) in [6, 6.07) is 14.6. The van der Waals surface area contributed by atoms with Crippen LogP contribution in [-0.4, -0.2) is 55.1 Å². The van der Waals surface area contributed by atoms with Gasteiger partial charge in [0.1, 0.15) is 6.42 Å². The highest BCUT2D eigenvalue weighted by Crippen LogP contribution is 2.37. The quantitative estimate of drug-likeness (QED) is 0.565. The summed E-state index contributed by atoms with van der Waals surface area (Å²) in [5, 5.41) is 0. The maximum Gasteiger partial charge on any atom is 0.387 e. The topological polar surface area (TPSA) is 85.1 Å². The first-order valence-electron chi connectivity index (χ1n) is 11.5. The number of primary amides is 1. The zero-order valence-electron chi connectivity index (χ0n) is 18.9. The molecule has 9 heteroatoms. The number of nitrogens with zero attached hydrogens (tertiary/aromatic N) is 2. The third-order valence-corrected chi connectivity index (χ3v) is 6.30. The first-order chi connectivity index (χ1) is 16.4. The molecule has 182 valence electrons. The molecular formula is C25H29F2N3O4. The molecule has 1 saturated carbocycles. The van der Waals surface area contributed by atoms with Crippen LogP contribution in [0, 0.1) is 0 Å². The number of hydrogen-bond donors (Lipinski definition) is 1. The molecule has 7 nitrogen and oxygen atoms in total. The van der Waals surface area contributed by atoms with Crippen molar-refractivity contribution in [3.8, 4) is 11.5 Å². The van der Waals surface area contributed by atoms with Gasteiger partial charge in [0, 0.05) is 31.4 Å². The summed E-state index contributed by atoms with van der Waals surface area (Å²) in [6.45, 7) is -1.49. The van der Waals surface area contributed by atoms with E-state index in [0.29, 0.717) is 31.8 Å². The maximum absolute atomic E-state index is 12.9. The van der Waals surface area contributed by atoms with Gasteiger partial charge in [-0.15, -0.1) is 0 Å². The lowest BCUT2D eigenvalue weighted by atomic mass is 9.96. The van der Waals surface area contributed by atoms with Crippen LogP contribution in [0.1, 0.15) is 31.2 Å². The first-order valence-corrected chi connectivity index (χ1v) is 11.5. The highest BCUT2D eigenvalue weighted by molar-refractivity contribution is 5.96. The number of ether oxygens (including phenoxy) is 2. The second-order valence-corrected chi connectivity index (χ2v) is 8.70. The molecule has 2 aromatic rings. The van der Waals surface area contributed by atoms with Gasteiger partial charge in [-0.2, -0.15) is 8.78 Å². The third-order valence-electron chi connectivity index (χ3n) is 6.30. The van der Waals surface area contributed by atoms with Gasteiger partial charge in [0.15, 0.2) is 11.5 Å². The summed E-state index contributed by atoms with van der Waals surface area (Å²) < 4.78 is 36.4. The molecule has 1 aliphatic heterocycles. The number of halogens is 2. The number of benzene rings is 2. The molecule has 0 bridgehead atoms. The molecule has 1 unspecified atom stereocenters. The monoisotopic (exact) mass is 473 g/mol. The normalized spacial score (nSPS) is 18.5. The highest BCUT2D eigenvalue weighted by Gasteiger charge is 2.32. The molecule has 0 radical (unpaired) electrons. The van der Waals surface area contributed by atoms with Gasteiger partial charge in [0.05, 0.1) is 12.1 Å². The van der Waals surface area contributed by atoms with E-state index >= 15 is 0 Å². The van der Waals surface area contributed by atoms with E-state index in [1.807, 2.05) is 30.3 Å². The van der Waals surface area contributed by atoms with Gasteiger partial charge < -0.3 is 25.0 Å². The van der Waals surface area contributed by atoms with Gasteiger partial charge in [0.25, 0.3) is 0 Å². The molecule has 2 aromatic carbocycles. The number of rotatable bonds is 9. The summed E-state index contributed by atoms with van der Waals surface area (Å²) in [5.74, 6) is -0.628. The van der Waals surface area contributed by atoms with E-state index in [-0.39, 0.29) is 30.2 Å². The Kier molecular flexibility index (Phi) is 7.49. The van der Waals surface area contributed by atoms with E-state index < -0.39 is 12.5 Å². The average Bonchev–Trinajstić information content (AvgIpc) is 2.77. The standard InChI is InChI=1S/C25H29F2N3O4/c26-25(27)34-21-10-9-18(14-22(21)33-20-7-4-8-20)29-11-12-30(24(32)15-23(28)31)19(16-29)13-17-5-2-1-3-6-17/h1-3,5-6,9-10,14,19-20,25H,4,7-8,11-13,15-16H2,(H2,28,31). The molecule has 2 N–H and O–H groups in total. The van der Waals surface area contributed by atoms with Gasteiger partial charge >= 0.3 is 6.61 Å². The number of amides is 2. The van der Waals surface area contributed by atoms with Crippen molar-refractivity contribution in [3.05, 3.63) is 54.1 Å². The van der Waals surface area contributed by atoms with Crippen LogP contribution in [0.2, 0.25) is 0 Å². The van der Waals surface area contributed by atoms with Crippen LogP contribution in [0.15, 0.2) is 48.5 Å². The van der Waals surface area contributed by atoms with Crippen molar-refractivity contribution in [1.29, 1.82) is 0 Å². The lowest BCUT2D eigenvalue weighted by Crippen LogP contribution is -2.56. The molecule has 4 rings (SSSR count). The number of carbonyl (C=O) groups is 2. The maximum atomic E-state index is 12.9. The molecular weight excluding hydrogens is 444 g/mol. The lowest BCUT2D eigenvalue weighted by molar-refractivity contribution is -0.137. The van der Waals surface area contributed by atoms with Crippen LogP contribution in [0.3, 0.4) is 0 Å². The van der Waals surface area contributed by atoms with Crippen LogP contribution in [-0.2, 0) is 16.0 Å². The SMILES string of the molecule is NC(=O)CC(=O)N1CCN(c2ccc(OC(F)F)c(OC3CCC3)c2)CC1Cc1ccccc1. The van der Waals surface area contributed by atoms with Crippen molar-refractivity contribution in [3.63, 3.8) is 0 Å². The number of hydrogen-bond acceptors (Lipinski definition) is 5. The fourth-order valence-electron chi connectivity index (χ4n) is 4.38. The van der Waals surface area contributed by atoms with Crippen molar-refractivity contribution >= 4 is 17.5 Å². The van der Waals surface area contributed by atoms with E-state index in [9.17, 15) is 18.4 Å². The molecule has 2 fully saturated rings. The van der Waals surface area contributed by atoms with Crippen molar-refractivity contribution in [2.45, 2.75) is 50.9 Å². The van der Waals surface area contributed by atoms with Crippen molar-refractivity contribution in [1.82, 2.24) is 4.90 Å². The van der Waals surface area contributed by atoms with E-state index in [1.54, 1.807) is 17.0 Å². The predicted molar refractivity (Wildman–Crippen MR) is 123 cm³/mol. The Bertz CT molecular complexity index is 1000. The van der Waals surface area contributed by atoms with Gasteiger partial charge in [-0.3, -0.25) is 9.59 Å². The Morgan fingerprint density at radius 1 is 1.06 bits per heavy atom. The molecule has 1 saturated heterocycles. The Morgan fingerprint density at radius 3 is 2.47 bits per heavy atom. The minimum atomic E-state index is -2.94. The summed E-state index contributed by atoms with van der Waals surface area (Å²) in [5.41, 5.74) is 7.13. The van der Waals surface area contributed by atoms with Gasteiger partial charge in [-0.05, 0) is 43.4 Å². The first kappa shape index (κ1) is 23.8. The number of carbonyl (C=O) groups excluding carboxylic acids is 2. The molecule has 0 spiro atoms. The van der Waals surface area contributed by atoms with Crippen molar-refractivity contribution in [2.24, 2.45) is 5.73 Å². The minimum Gasteiger partial charge on any atom is -0.486 e. The van der Waals surface area contributed by atoms with Gasteiger partial charge in [-0.1, -0.05) is 30.3 Å². The predicted octanol–water partition coefficient (Wildman–Crippen LogP) is 3.35.